The van der Waals surface area contributed by atoms with E-state index < -0.39 is 0 Å². The summed E-state index contributed by atoms with van der Waals surface area (Å²) in [6.45, 7) is 6.61. The van der Waals surface area contributed by atoms with Crippen molar-refractivity contribution in [2.45, 2.75) is 33.2 Å². The van der Waals surface area contributed by atoms with Crippen LogP contribution in [-0.2, 0) is 13.6 Å². The lowest BCUT2D eigenvalue weighted by atomic mass is 10.3. The lowest BCUT2D eigenvalue weighted by Gasteiger charge is -2.13. The van der Waals surface area contributed by atoms with Gasteiger partial charge in [0.2, 0.25) is 0 Å². The number of hydrogen-bond donors (Lipinski definition) is 2. The van der Waals surface area contributed by atoms with Crippen LogP contribution in [0.2, 0.25) is 0 Å². The lowest BCUT2D eigenvalue weighted by molar-refractivity contribution is 0.321. The largest absolute Gasteiger partial charge is 0.497 e. The molecular formula is C19H31IN6O2. The highest BCUT2D eigenvalue weighted by Gasteiger charge is 2.05. The summed E-state index contributed by atoms with van der Waals surface area (Å²) in [5.74, 6) is 4.08. The van der Waals surface area contributed by atoms with Crippen LogP contribution in [0.1, 0.15) is 31.4 Å². The van der Waals surface area contributed by atoms with Crippen LogP contribution < -0.4 is 20.1 Å². The summed E-state index contributed by atoms with van der Waals surface area (Å²) in [5.41, 5.74) is 0. The highest BCUT2D eigenvalue weighted by atomic mass is 127. The SMILES string of the molecule is CCCCNC(=NCc1nnc(C)n1C)NCCOc1ccc(OC)cc1.I. The zero-order valence-corrected chi connectivity index (χ0v) is 19.4. The summed E-state index contributed by atoms with van der Waals surface area (Å²) < 4.78 is 12.8. The first-order valence-corrected chi connectivity index (χ1v) is 9.28. The number of nitrogens with one attached hydrogen (secondary N) is 2. The van der Waals surface area contributed by atoms with E-state index in [0.29, 0.717) is 19.7 Å². The van der Waals surface area contributed by atoms with Crippen molar-refractivity contribution in [3.63, 3.8) is 0 Å². The van der Waals surface area contributed by atoms with Crippen LogP contribution in [0.15, 0.2) is 29.3 Å². The first kappa shape index (κ1) is 24.0. The normalized spacial score (nSPS) is 10.9. The number of halogens is 1. The van der Waals surface area contributed by atoms with Crippen LogP contribution in [0.4, 0.5) is 0 Å². The molecule has 1 aromatic heterocycles. The van der Waals surface area contributed by atoms with Gasteiger partial charge in [0, 0.05) is 13.6 Å². The van der Waals surface area contributed by atoms with E-state index in [2.05, 4.69) is 32.7 Å². The lowest BCUT2D eigenvalue weighted by Crippen LogP contribution is -2.40. The van der Waals surface area contributed by atoms with Crippen LogP contribution in [-0.4, -0.2) is 47.5 Å². The Kier molecular flexibility index (Phi) is 11.3. The molecule has 0 bridgehead atoms. The van der Waals surface area contributed by atoms with Crippen molar-refractivity contribution in [1.29, 1.82) is 0 Å². The van der Waals surface area contributed by atoms with E-state index in [4.69, 9.17) is 9.47 Å². The number of rotatable bonds is 10. The summed E-state index contributed by atoms with van der Waals surface area (Å²) in [6, 6.07) is 7.54. The number of guanidine groups is 1. The van der Waals surface area contributed by atoms with Crippen LogP contribution >= 0.6 is 24.0 Å². The fourth-order valence-electron chi connectivity index (χ4n) is 2.31. The molecule has 0 amide bonds. The third kappa shape index (κ3) is 7.91. The van der Waals surface area contributed by atoms with Crippen molar-refractivity contribution >= 4 is 29.9 Å². The average Bonchev–Trinajstić information content (AvgIpc) is 3.01. The molecular weight excluding hydrogens is 471 g/mol. The Morgan fingerprint density at radius 2 is 1.79 bits per heavy atom. The van der Waals surface area contributed by atoms with Gasteiger partial charge in [0.25, 0.3) is 0 Å². The number of hydrogen-bond acceptors (Lipinski definition) is 5. The molecule has 8 nitrogen and oxygen atoms in total. The number of methoxy groups -OCH3 is 1. The standard InChI is InChI=1S/C19H30N6O2.HI/c1-5-6-11-20-19(22-14-18-24-23-15(2)25(18)3)21-12-13-27-17-9-7-16(26-4)8-10-17;/h7-10H,5-6,11-14H2,1-4H3,(H2,20,21,22);1H. The van der Waals surface area contributed by atoms with Crippen molar-refractivity contribution in [2.75, 3.05) is 26.8 Å². The summed E-state index contributed by atoms with van der Waals surface area (Å²) in [5, 5.41) is 14.9. The fraction of sp³-hybridized carbons (Fsp3) is 0.526. The molecule has 0 aliphatic carbocycles. The Hall–Kier alpha value is -2.04. The predicted octanol–water partition coefficient (Wildman–Crippen LogP) is 2.66. The molecule has 0 radical (unpaired) electrons. The van der Waals surface area contributed by atoms with Gasteiger partial charge in [0.15, 0.2) is 11.8 Å². The minimum absolute atomic E-state index is 0. The van der Waals surface area contributed by atoms with E-state index in [1.807, 2.05) is 42.8 Å². The summed E-state index contributed by atoms with van der Waals surface area (Å²) >= 11 is 0. The van der Waals surface area contributed by atoms with E-state index in [-0.39, 0.29) is 24.0 Å². The van der Waals surface area contributed by atoms with Crippen LogP contribution in [0.25, 0.3) is 0 Å². The maximum absolute atomic E-state index is 5.74. The highest BCUT2D eigenvalue weighted by Crippen LogP contribution is 2.16. The monoisotopic (exact) mass is 502 g/mol. The Bertz CT molecular complexity index is 718. The number of aromatic nitrogens is 3. The molecule has 28 heavy (non-hydrogen) atoms. The Balaban J connectivity index is 0.00000392. The van der Waals surface area contributed by atoms with Crippen molar-refractivity contribution in [1.82, 2.24) is 25.4 Å². The minimum Gasteiger partial charge on any atom is -0.497 e. The second-order valence-corrected chi connectivity index (χ2v) is 6.12. The van der Waals surface area contributed by atoms with Crippen LogP contribution in [0.3, 0.4) is 0 Å². The molecule has 0 unspecified atom stereocenters. The van der Waals surface area contributed by atoms with Crippen molar-refractivity contribution in [3.8, 4) is 11.5 Å². The maximum Gasteiger partial charge on any atom is 0.191 e. The van der Waals surface area contributed by atoms with Gasteiger partial charge in [-0.05, 0) is 37.6 Å². The molecule has 0 spiro atoms. The molecule has 9 heteroatoms. The van der Waals surface area contributed by atoms with E-state index in [1.54, 1.807) is 7.11 Å². The third-order valence-corrected chi connectivity index (χ3v) is 4.11. The minimum atomic E-state index is 0. The molecule has 1 heterocycles. The molecule has 2 rings (SSSR count). The average molecular weight is 502 g/mol. The molecule has 0 saturated carbocycles. The van der Waals surface area contributed by atoms with E-state index in [9.17, 15) is 0 Å². The molecule has 0 aliphatic heterocycles. The fourth-order valence-corrected chi connectivity index (χ4v) is 2.31. The maximum atomic E-state index is 5.74. The molecule has 2 N–H and O–H groups in total. The van der Waals surface area contributed by atoms with E-state index in [0.717, 1.165) is 48.5 Å². The van der Waals surface area contributed by atoms with Gasteiger partial charge in [-0.25, -0.2) is 4.99 Å². The highest BCUT2D eigenvalue weighted by molar-refractivity contribution is 14.0. The summed E-state index contributed by atoms with van der Waals surface area (Å²) in [6.07, 6.45) is 2.22. The molecule has 0 aliphatic rings. The quantitative estimate of drug-likeness (QED) is 0.225. The predicted molar refractivity (Wildman–Crippen MR) is 122 cm³/mol. The number of ether oxygens (including phenoxy) is 2. The van der Waals surface area contributed by atoms with Gasteiger partial charge >= 0.3 is 0 Å². The topological polar surface area (TPSA) is 85.6 Å². The first-order valence-electron chi connectivity index (χ1n) is 9.28. The third-order valence-electron chi connectivity index (χ3n) is 4.11. The van der Waals surface area contributed by atoms with Crippen LogP contribution in [0.5, 0.6) is 11.5 Å². The van der Waals surface area contributed by atoms with Gasteiger partial charge in [-0.2, -0.15) is 0 Å². The van der Waals surface area contributed by atoms with Gasteiger partial charge < -0.3 is 24.7 Å². The number of nitrogens with zero attached hydrogens (tertiary/aromatic N) is 4. The smallest absolute Gasteiger partial charge is 0.191 e. The molecule has 1 aromatic carbocycles. The van der Waals surface area contributed by atoms with Crippen LogP contribution in [0, 0.1) is 6.92 Å². The van der Waals surface area contributed by atoms with Gasteiger partial charge in [-0.15, -0.1) is 34.2 Å². The van der Waals surface area contributed by atoms with Gasteiger partial charge in [0.05, 0.1) is 13.7 Å². The van der Waals surface area contributed by atoms with E-state index >= 15 is 0 Å². The first-order chi connectivity index (χ1) is 13.1. The van der Waals surface area contributed by atoms with Gasteiger partial charge in [0.1, 0.15) is 30.5 Å². The number of benzene rings is 1. The molecule has 0 saturated heterocycles. The zero-order valence-electron chi connectivity index (χ0n) is 17.1. The number of aliphatic imine (C=N–C) groups is 1. The molecule has 2 aromatic rings. The second kappa shape index (κ2) is 13.2. The molecule has 156 valence electrons. The van der Waals surface area contributed by atoms with E-state index in [1.165, 1.54) is 0 Å². The van der Waals surface area contributed by atoms with Crippen molar-refractivity contribution in [3.05, 3.63) is 35.9 Å². The van der Waals surface area contributed by atoms with Crippen molar-refractivity contribution in [2.24, 2.45) is 12.0 Å². The van der Waals surface area contributed by atoms with Crippen molar-refractivity contribution < 1.29 is 9.47 Å². The Labute approximate surface area is 184 Å². The van der Waals surface area contributed by atoms with Gasteiger partial charge in [-0.3, -0.25) is 0 Å². The molecule has 0 fully saturated rings. The second-order valence-electron chi connectivity index (χ2n) is 6.12. The Morgan fingerprint density at radius 1 is 1.11 bits per heavy atom. The number of aryl methyl sites for hydroxylation is 1. The molecule has 0 atom stereocenters. The number of unbranched alkanes of at least 4 members (excludes halogenated alkanes) is 1. The van der Waals surface area contributed by atoms with Gasteiger partial charge in [-0.1, -0.05) is 13.3 Å². The zero-order chi connectivity index (χ0) is 19.5. The summed E-state index contributed by atoms with van der Waals surface area (Å²) in [7, 11) is 3.59. The summed E-state index contributed by atoms with van der Waals surface area (Å²) in [4.78, 5) is 4.61. The Morgan fingerprint density at radius 3 is 2.39 bits per heavy atom.